The van der Waals surface area contributed by atoms with E-state index in [2.05, 4.69) is 10.1 Å². The zero-order valence-electron chi connectivity index (χ0n) is 9.94. The Bertz CT molecular complexity index is 728. The fourth-order valence-corrected chi connectivity index (χ4v) is 3.22. The van der Waals surface area contributed by atoms with Crippen LogP contribution in [0.5, 0.6) is 0 Å². The first-order chi connectivity index (χ1) is 9.44. The second kappa shape index (κ2) is 5.45. The quantitative estimate of drug-likeness (QED) is 0.438. The van der Waals surface area contributed by atoms with E-state index >= 15 is 0 Å². The van der Waals surface area contributed by atoms with Crippen LogP contribution in [0.15, 0.2) is 39.9 Å². The van der Waals surface area contributed by atoms with Gasteiger partial charge in [0.25, 0.3) is 15.7 Å². The van der Waals surface area contributed by atoms with Gasteiger partial charge in [0.2, 0.25) is 0 Å². The maximum absolute atomic E-state index is 12.1. The summed E-state index contributed by atoms with van der Waals surface area (Å²) in [7, 11) is -3.88. The van der Waals surface area contributed by atoms with Crippen molar-refractivity contribution < 1.29 is 13.3 Å². The first kappa shape index (κ1) is 14.2. The van der Waals surface area contributed by atoms with Crippen LogP contribution in [0.2, 0.25) is 0 Å². The molecule has 2 rings (SSSR count). The summed E-state index contributed by atoms with van der Waals surface area (Å²) >= 11 is 1.33. The van der Waals surface area contributed by atoms with Gasteiger partial charge in [-0.25, -0.2) is 8.42 Å². The lowest BCUT2D eigenvalue weighted by Gasteiger charge is -2.08. The van der Waals surface area contributed by atoms with Gasteiger partial charge in [-0.2, -0.15) is 11.3 Å². The van der Waals surface area contributed by atoms with E-state index in [1.54, 1.807) is 16.8 Å². The number of thiophene rings is 1. The Morgan fingerprint density at radius 3 is 2.60 bits per heavy atom. The van der Waals surface area contributed by atoms with Gasteiger partial charge in [0.05, 0.1) is 15.5 Å². The Hall–Kier alpha value is -2.17. The summed E-state index contributed by atoms with van der Waals surface area (Å²) in [5.74, 6) is 5.14. The number of nitro groups is 1. The smallest absolute Gasteiger partial charge is 0.295 e. The van der Waals surface area contributed by atoms with Gasteiger partial charge in [-0.05, 0) is 23.6 Å². The van der Waals surface area contributed by atoms with E-state index in [9.17, 15) is 18.5 Å². The molecule has 0 saturated carbocycles. The van der Waals surface area contributed by atoms with Crippen LogP contribution in [-0.4, -0.2) is 13.3 Å². The fraction of sp³-hybridized carbons (Fsp3) is 0. The van der Waals surface area contributed by atoms with Gasteiger partial charge in [-0.3, -0.25) is 20.7 Å². The molecule has 20 heavy (non-hydrogen) atoms. The monoisotopic (exact) mass is 314 g/mol. The van der Waals surface area contributed by atoms with Crippen molar-refractivity contribution in [3.63, 3.8) is 0 Å². The number of anilines is 2. The van der Waals surface area contributed by atoms with Gasteiger partial charge in [0.15, 0.2) is 0 Å². The molecule has 10 heteroatoms. The molecule has 0 radical (unpaired) electrons. The molecule has 0 spiro atoms. The van der Waals surface area contributed by atoms with Crippen molar-refractivity contribution in [2.75, 3.05) is 10.1 Å². The van der Waals surface area contributed by atoms with Crippen LogP contribution in [0.4, 0.5) is 17.1 Å². The van der Waals surface area contributed by atoms with E-state index in [1.807, 2.05) is 0 Å². The number of nitrogens with two attached hydrogens (primary N) is 1. The minimum Gasteiger partial charge on any atom is -0.318 e. The van der Waals surface area contributed by atoms with Crippen LogP contribution >= 0.6 is 11.3 Å². The van der Waals surface area contributed by atoms with Crippen molar-refractivity contribution in [1.82, 2.24) is 0 Å². The molecule has 0 saturated heterocycles. The van der Waals surface area contributed by atoms with Crippen molar-refractivity contribution >= 4 is 38.4 Å². The van der Waals surface area contributed by atoms with E-state index in [4.69, 9.17) is 5.84 Å². The molecular formula is C10H10N4O4S2. The van der Waals surface area contributed by atoms with Crippen LogP contribution < -0.4 is 16.0 Å². The number of nitrogen functional groups attached to an aromatic ring is 1. The largest absolute Gasteiger partial charge is 0.318 e. The van der Waals surface area contributed by atoms with Gasteiger partial charge in [-0.1, -0.05) is 0 Å². The van der Waals surface area contributed by atoms with Crippen LogP contribution in [0.25, 0.3) is 0 Å². The van der Waals surface area contributed by atoms with Crippen molar-refractivity contribution in [2.24, 2.45) is 5.84 Å². The number of hydrogen-bond acceptors (Lipinski definition) is 7. The molecule has 1 heterocycles. The topological polar surface area (TPSA) is 127 Å². The van der Waals surface area contributed by atoms with Crippen LogP contribution in [0.1, 0.15) is 0 Å². The number of nitro benzene ring substituents is 1. The number of hydrazine groups is 1. The number of hydrogen-bond donors (Lipinski definition) is 3. The molecule has 1 aromatic heterocycles. The molecule has 0 aliphatic heterocycles. The first-order valence-electron chi connectivity index (χ1n) is 5.24. The van der Waals surface area contributed by atoms with Crippen molar-refractivity contribution in [1.29, 1.82) is 0 Å². The molecule has 0 aliphatic carbocycles. The summed E-state index contributed by atoms with van der Waals surface area (Å²) in [4.78, 5) is 9.95. The van der Waals surface area contributed by atoms with E-state index in [1.165, 1.54) is 23.5 Å². The Labute approximate surface area is 118 Å². The van der Waals surface area contributed by atoms with E-state index in [0.29, 0.717) is 5.69 Å². The predicted molar refractivity (Wildman–Crippen MR) is 76.0 cm³/mol. The van der Waals surface area contributed by atoms with E-state index < -0.39 is 20.6 Å². The van der Waals surface area contributed by atoms with Crippen LogP contribution in [-0.2, 0) is 10.0 Å². The van der Waals surface area contributed by atoms with Gasteiger partial charge in [0, 0.05) is 11.4 Å². The molecule has 0 bridgehead atoms. The average Bonchev–Trinajstić information content (AvgIpc) is 2.89. The van der Waals surface area contributed by atoms with Gasteiger partial charge >= 0.3 is 0 Å². The maximum atomic E-state index is 12.1. The van der Waals surface area contributed by atoms with Crippen LogP contribution in [0, 0.1) is 10.1 Å². The summed E-state index contributed by atoms with van der Waals surface area (Å²) < 4.78 is 26.5. The Kier molecular flexibility index (Phi) is 3.88. The second-order valence-electron chi connectivity index (χ2n) is 3.70. The third kappa shape index (κ3) is 2.87. The lowest BCUT2D eigenvalue weighted by molar-refractivity contribution is -0.384. The highest BCUT2D eigenvalue weighted by molar-refractivity contribution is 7.92. The average molecular weight is 314 g/mol. The number of benzene rings is 1. The lowest BCUT2D eigenvalue weighted by atomic mass is 10.3. The third-order valence-corrected chi connectivity index (χ3v) is 4.47. The minimum absolute atomic E-state index is 0.0319. The zero-order valence-corrected chi connectivity index (χ0v) is 11.6. The maximum Gasteiger partial charge on any atom is 0.295 e. The summed E-state index contributed by atoms with van der Waals surface area (Å²) in [6, 6.07) is 5.01. The number of nitrogens with zero attached hydrogens (tertiary/aromatic N) is 1. The van der Waals surface area contributed by atoms with Crippen molar-refractivity contribution in [2.45, 2.75) is 4.90 Å². The number of sulfonamides is 1. The molecule has 8 nitrogen and oxygen atoms in total. The Morgan fingerprint density at radius 1 is 1.30 bits per heavy atom. The fourth-order valence-electron chi connectivity index (χ4n) is 1.49. The highest BCUT2D eigenvalue weighted by Gasteiger charge is 2.21. The minimum atomic E-state index is -3.88. The normalized spacial score (nSPS) is 11.1. The van der Waals surface area contributed by atoms with Crippen molar-refractivity contribution in [3.8, 4) is 0 Å². The predicted octanol–water partition coefficient (Wildman–Crippen LogP) is 1.74. The Morgan fingerprint density at radius 2 is 2.05 bits per heavy atom. The van der Waals surface area contributed by atoms with Gasteiger partial charge in [-0.15, -0.1) is 0 Å². The molecule has 0 amide bonds. The first-order valence-corrected chi connectivity index (χ1v) is 7.67. The van der Waals surface area contributed by atoms with E-state index in [-0.39, 0.29) is 10.6 Å². The number of nitrogens with one attached hydrogen (secondary N) is 2. The molecular weight excluding hydrogens is 304 g/mol. The SMILES string of the molecule is NNc1ccc(S(=O)(=O)Nc2ccsc2)cc1[N+](=O)[O-]. The summed E-state index contributed by atoms with van der Waals surface area (Å²) in [6.45, 7) is 0. The summed E-state index contributed by atoms with van der Waals surface area (Å²) in [5.41, 5.74) is 2.16. The van der Waals surface area contributed by atoms with Gasteiger partial charge < -0.3 is 5.43 Å². The lowest BCUT2D eigenvalue weighted by Crippen LogP contribution is -2.14. The second-order valence-corrected chi connectivity index (χ2v) is 6.16. The number of rotatable bonds is 5. The third-order valence-electron chi connectivity index (χ3n) is 2.41. The highest BCUT2D eigenvalue weighted by atomic mass is 32.2. The van der Waals surface area contributed by atoms with E-state index in [0.717, 1.165) is 6.07 Å². The molecule has 1 aromatic carbocycles. The van der Waals surface area contributed by atoms with Crippen LogP contribution in [0.3, 0.4) is 0 Å². The standard InChI is InChI=1S/C10H10N4O4S2/c11-12-9-2-1-8(5-10(9)14(15)16)20(17,18)13-7-3-4-19-6-7/h1-6,12-13H,11H2. The highest BCUT2D eigenvalue weighted by Crippen LogP contribution is 2.28. The van der Waals surface area contributed by atoms with Gasteiger partial charge in [0.1, 0.15) is 5.69 Å². The molecule has 0 aliphatic rings. The Balaban J connectivity index is 2.42. The summed E-state index contributed by atoms with van der Waals surface area (Å²) in [6.07, 6.45) is 0. The molecule has 2 aromatic rings. The molecule has 0 atom stereocenters. The zero-order chi connectivity index (χ0) is 14.8. The molecule has 4 N–H and O–H groups in total. The summed E-state index contributed by atoms with van der Waals surface area (Å²) in [5, 5.41) is 14.2. The molecule has 106 valence electrons. The molecule has 0 unspecified atom stereocenters. The van der Waals surface area contributed by atoms with Crippen molar-refractivity contribution in [3.05, 3.63) is 45.1 Å². The molecule has 0 fully saturated rings.